The van der Waals surface area contributed by atoms with Crippen molar-refractivity contribution in [1.82, 2.24) is 5.32 Å². The second kappa shape index (κ2) is 7.83. The van der Waals surface area contributed by atoms with Gasteiger partial charge in [0.1, 0.15) is 11.4 Å². The van der Waals surface area contributed by atoms with Gasteiger partial charge in [0.05, 0.1) is 23.5 Å². The molecule has 1 heterocycles. The van der Waals surface area contributed by atoms with Crippen LogP contribution in [-0.4, -0.2) is 26.2 Å². The second-order valence-electron chi connectivity index (χ2n) is 7.18. The zero-order valence-corrected chi connectivity index (χ0v) is 17.2. The number of carbonyl (C=O) groups is 1. The fourth-order valence-electron chi connectivity index (χ4n) is 3.64. The molecule has 0 aliphatic carbocycles. The molecule has 6 nitrogen and oxygen atoms in total. The standard InChI is InChI=1S/C21H26N2O4S/c1-4-21(5-2)14-18(15-10-7-9-13-19(15)27-21)22-20(24)16-11-6-8-12-17(16)23-28(3,25)26/h6-13,18,23H,4-5,14H2,1-3H3,(H,22,24)/t18-/m0/s1. The summed E-state index contributed by atoms with van der Waals surface area (Å²) in [5, 5.41) is 3.09. The Morgan fingerprint density at radius 2 is 1.75 bits per heavy atom. The van der Waals surface area contributed by atoms with Gasteiger partial charge in [-0.1, -0.05) is 44.2 Å². The number of benzene rings is 2. The van der Waals surface area contributed by atoms with Crippen molar-refractivity contribution in [3.05, 3.63) is 59.7 Å². The van der Waals surface area contributed by atoms with Crippen LogP contribution in [0.2, 0.25) is 0 Å². The van der Waals surface area contributed by atoms with Gasteiger partial charge in [0.2, 0.25) is 10.0 Å². The quantitative estimate of drug-likeness (QED) is 0.768. The van der Waals surface area contributed by atoms with Crippen molar-refractivity contribution in [2.24, 2.45) is 0 Å². The van der Waals surface area contributed by atoms with Crippen molar-refractivity contribution in [2.75, 3.05) is 11.0 Å². The van der Waals surface area contributed by atoms with Gasteiger partial charge in [0, 0.05) is 12.0 Å². The Morgan fingerprint density at radius 1 is 1.11 bits per heavy atom. The van der Waals surface area contributed by atoms with Crippen LogP contribution in [0.5, 0.6) is 5.75 Å². The van der Waals surface area contributed by atoms with Crippen LogP contribution in [0, 0.1) is 0 Å². The summed E-state index contributed by atoms with van der Waals surface area (Å²) in [6.45, 7) is 4.17. The number of ether oxygens (including phenoxy) is 1. The Bertz CT molecular complexity index is 968. The van der Waals surface area contributed by atoms with Crippen molar-refractivity contribution in [3.8, 4) is 5.75 Å². The zero-order chi connectivity index (χ0) is 20.4. The molecule has 150 valence electrons. The maximum atomic E-state index is 13.0. The first-order valence-corrected chi connectivity index (χ1v) is 11.3. The molecule has 1 atom stereocenters. The highest BCUT2D eigenvalue weighted by atomic mass is 32.2. The summed E-state index contributed by atoms with van der Waals surface area (Å²) in [6.07, 6.45) is 3.38. The molecule has 0 bridgehead atoms. The minimum atomic E-state index is -3.49. The molecule has 1 aliphatic heterocycles. The van der Waals surface area contributed by atoms with E-state index in [9.17, 15) is 13.2 Å². The number of sulfonamides is 1. The van der Waals surface area contributed by atoms with Crippen molar-refractivity contribution in [1.29, 1.82) is 0 Å². The topological polar surface area (TPSA) is 84.5 Å². The van der Waals surface area contributed by atoms with Gasteiger partial charge in [-0.15, -0.1) is 0 Å². The van der Waals surface area contributed by atoms with Crippen LogP contribution in [0.4, 0.5) is 5.69 Å². The minimum Gasteiger partial charge on any atom is -0.487 e. The SMILES string of the molecule is CCC1(CC)C[C@H](NC(=O)c2ccccc2NS(C)(=O)=O)c2ccccc2O1. The Hall–Kier alpha value is -2.54. The van der Waals surface area contributed by atoms with E-state index in [1.807, 2.05) is 24.3 Å². The molecule has 1 aliphatic rings. The molecule has 1 amide bonds. The summed E-state index contributed by atoms with van der Waals surface area (Å²) < 4.78 is 32.0. The van der Waals surface area contributed by atoms with Crippen molar-refractivity contribution in [2.45, 2.75) is 44.8 Å². The number of amides is 1. The molecule has 0 fully saturated rings. The summed E-state index contributed by atoms with van der Waals surface area (Å²) in [5.41, 5.74) is 1.15. The van der Waals surface area contributed by atoms with Crippen LogP contribution < -0.4 is 14.8 Å². The van der Waals surface area contributed by atoms with E-state index in [1.165, 1.54) is 0 Å². The van der Waals surface area contributed by atoms with Crippen LogP contribution >= 0.6 is 0 Å². The fraction of sp³-hybridized carbons (Fsp3) is 0.381. The number of rotatable bonds is 6. The molecule has 2 aromatic rings. The Labute approximate surface area is 166 Å². The molecule has 0 aromatic heterocycles. The Morgan fingerprint density at radius 3 is 2.43 bits per heavy atom. The number of fused-ring (bicyclic) bond motifs is 1. The first-order chi connectivity index (χ1) is 13.3. The van der Waals surface area contributed by atoms with E-state index in [0.29, 0.717) is 6.42 Å². The van der Waals surface area contributed by atoms with Gasteiger partial charge < -0.3 is 10.1 Å². The molecule has 0 radical (unpaired) electrons. The van der Waals surface area contributed by atoms with Crippen molar-refractivity contribution < 1.29 is 17.9 Å². The first-order valence-electron chi connectivity index (χ1n) is 9.42. The average molecular weight is 403 g/mol. The third-order valence-electron chi connectivity index (χ3n) is 5.26. The summed E-state index contributed by atoms with van der Waals surface area (Å²) in [7, 11) is -3.49. The van der Waals surface area contributed by atoms with E-state index in [0.717, 1.165) is 30.4 Å². The van der Waals surface area contributed by atoms with Crippen LogP contribution in [0.3, 0.4) is 0 Å². The smallest absolute Gasteiger partial charge is 0.253 e. The summed E-state index contributed by atoms with van der Waals surface area (Å²) in [4.78, 5) is 13.0. The Kier molecular flexibility index (Phi) is 5.65. The van der Waals surface area contributed by atoms with E-state index in [1.54, 1.807) is 24.3 Å². The van der Waals surface area contributed by atoms with E-state index >= 15 is 0 Å². The fourth-order valence-corrected chi connectivity index (χ4v) is 4.21. The van der Waals surface area contributed by atoms with Gasteiger partial charge in [-0.2, -0.15) is 0 Å². The van der Waals surface area contributed by atoms with Gasteiger partial charge in [-0.3, -0.25) is 9.52 Å². The third kappa shape index (κ3) is 4.30. The summed E-state index contributed by atoms with van der Waals surface area (Å²) >= 11 is 0. The van der Waals surface area contributed by atoms with Crippen LogP contribution in [0.1, 0.15) is 55.1 Å². The molecule has 0 unspecified atom stereocenters. The summed E-state index contributed by atoms with van der Waals surface area (Å²) in [6, 6.07) is 14.1. The van der Waals surface area contributed by atoms with Crippen LogP contribution in [0.25, 0.3) is 0 Å². The first kappa shape index (κ1) is 20.2. The lowest BCUT2D eigenvalue weighted by molar-refractivity contribution is 0.0227. The molecule has 2 aromatic carbocycles. The molecule has 7 heteroatoms. The van der Waals surface area contributed by atoms with E-state index in [2.05, 4.69) is 23.9 Å². The molecule has 0 saturated heterocycles. The molecule has 3 rings (SSSR count). The summed E-state index contributed by atoms with van der Waals surface area (Å²) in [5.74, 6) is 0.458. The number of carbonyl (C=O) groups excluding carboxylic acids is 1. The van der Waals surface area contributed by atoms with E-state index < -0.39 is 10.0 Å². The van der Waals surface area contributed by atoms with Gasteiger partial charge in [0.15, 0.2) is 0 Å². The third-order valence-corrected chi connectivity index (χ3v) is 5.85. The predicted octanol–water partition coefficient (Wildman–Crippen LogP) is 3.87. The zero-order valence-electron chi connectivity index (χ0n) is 16.4. The monoisotopic (exact) mass is 402 g/mol. The van der Waals surface area contributed by atoms with E-state index in [4.69, 9.17) is 4.74 Å². The maximum Gasteiger partial charge on any atom is 0.253 e. The average Bonchev–Trinajstić information content (AvgIpc) is 2.67. The largest absolute Gasteiger partial charge is 0.487 e. The van der Waals surface area contributed by atoms with Gasteiger partial charge in [-0.05, 0) is 31.0 Å². The van der Waals surface area contributed by atoms with Gasteiger partial charge in [-0.25, -0.2) is 8.42 Å². The number of hydrogen-bond acceptors (Lipinski definition) is 4. The lowest BCUT2D eigenvalue weighted by Crippen LogP contribution is -2.44. The molecule has 2 N–H and O–H groups in total. The molecular weight excluding hydrogens is 376 g/mol. The lowest BCUT2D eigenvalue weighted by Gasteiger charge is -2.41. The van der Waals surface area contributed by atoms with E-state index in [-0.39, 0.29) is 28.8 Å². The van der Waals surface area contributed by atoms with Crippen LogP contribution in [0.15, 0.2) is 48.5 Å². The highest BCUT2D eigenvalue weighted by Crippen LogP contribution is 2.42. The lowest BCUT2D eigenvalue weighted by atomic mass is 9.83. The Balaban J connectivity index is 1.92. The predicted molar refractivity (Wildman–Crippen MR) is 110 cm³/mol. The van der Waals surface area contributed by atoms with Crippen LogP contribution in [-0.2, 0) is 10.0 Å². The number of hydrogen-bond donors (Lipinski definition) is 2. The highest BCUT2D eigenvalue weighted by Gasteiger charge is 2.39. The van der Waals surface area contributed by atoms with Gasteiger partial charge in [0.25, 0.3) is 5.91 Å². The van der Waals surface area contributed by atoms with Crippen molar-refractivity contribution >= 4 is 21.6 Å². The number of nitrogens with one attached hydrogen (secondary N) is 2. The number of para-hydroxylation sites is 2. The highest BCUT2D eigenvalue weighted by molar-refractivity contribution is 7.92. The van der Waals surface area contributed by atoms with Gasteiger partial charge >= 0.3 is 0 Å². The molecular formula is C21H26N2O4S. The maximum absolute atomic E-state index is 13.0. The normalized spacial score (nSPS) is 17.9. The number of anilines is 1. The molecule has 28 heavy (non-hydrogen) atoms. The minimum absolute atomic E-state index is 0.219. The molecule has 0 saturated carbocycles. The second-order valence-corrected chi connectivity index (χ2v) is 8.93. The van der Waals surface area contributed by atoms with Crippen molar-refractivity contribution in [3.63, 3.8) is 0 Å². The molecule has 0 spiro atoms.